The Morgan fingerprint density at radius 3 is 2.32 bits per heavy atom. The number of nitrogens with zero attached hydrogens (tertiary/aromatic N) is 3. The molecule has 3 aromatic carbocycles. The van der Waals surface area contributed by atoms with Gasteiger partial charge < -0.3 is 9.88 Å². The Balaban J connectivity index is 1.33. The first-order chi connectivity index (χ1) is 16.6. The molecule has 2 heterocycles. The van der Waals surface area contributed by atoms with Gasteiger partial charge in [0.25, 0.3) is 5.91 Å². The van der Waals surface area contributed by atoms with Crippen LogP contribution in [-0.2, 0) is 6.54 Å². The van der Waals surface area contributed by atoms with Crippen molar-refractivity contribution in [3.63, 3.8) is 0 Å². The molecule has 0 aliphatic carbocycles. The lowest BCUT2D eigenvalue weighted by Crippen LogP contribution is -2.36. The fraction of sp³-hybridized carbons (Fsp3) is 0.222. The standard InChI is InChI=1S/C27H26N4O3/c32-25-27(34)31(24-10-5-4-9-23(24)28-25)22-13-11-21(12-14-22)26(33)30-16-6-15-29(17-18-30)19-20-7-2-1-3-8-20/h1-5,7-14H,6,15-19H2,(H,28,32). The molecule has 4 aromatic rings. The number of hydrogen-bond acceptors (Lipinski definition) is 4. The molecule has 1 saturated heterocycles. The number of hydrogen-bond donors (Lipinski definition) is 1. The summed E-state index contributed by atoms with van der Waals surface area (Å²) < 4.78 is 1.38. The highest BCUT2D eigenvalue weighted by atomic mass is 16.2. The van der Waals surface area contributed by atoms with Crippen molar-refractivity contribution in [1.29, 1.82) is 0 Å². The van der Waals surface area contributed by atoms with Gasteiger partial charge in [-0.3, -0.25) is 23.9 Å². The van der Waals surface area contributed by atoms with Gasteiger partial charge in [0, 0.05) is 44.0 Å². The van der Waals surface area contributed by atoms with Crippen LogP contribution < -0.4 is 11.1 Å². The fourth-order valence-electron chi connectivity index (χ4n) is 4.53. The zero-order valence-corrected chi connectivity index (χ0v) is 18.8. The first kappa shape index (κ1) is 21.9. The third-order valence-electron chi connectivity index (χ3n) is 6.29. The van der Waals surface area contributed by atoms with Crippen LogP contribution in [0.3, 0.4) is 0 Å². The summed E-state index contributed by atoms with van der Waals surface area (Å²) >= 11 is 0. The first-order valence-electron chi connectivity index (χ1n) is 11.5. The molecule has 0 unspecified atom stereocenters. The Hall–Kier alpha value is -3.97. The van der Waals surface area contributed by atoms with E-state index in [1.165, 1.54) is 10.1 Å². The third kappa shape index (κ3) is 4.43. The van der Waals surface area contributed by atoms with Gasteiger partial charge in [-0.25, -0.2) is 0 Å². The molecule has 1 amide bonds. The van der Waals surface area contributed by atoms with E-state index in [1.807, 2.05) is 17.0 Å². The molecule has 5 rings (SSSR count). The van der Waals surface area contributed by atoms with E-state index in [0.29, 0.717) is 35.4 Å². The first-order valence-corrected chi connectivity index (χ1v) is 11.5. The summed E-state index contributed by atoms with van der Waals surface area (Å²) in [4.78, 5) is 44.8. The Bertz CT molecular complexity index is 1420. The summed E-state index contributed by atoms with van der Waals surface area (Å²) in [5.74, 6) is -0.0174. The number of carbonyl (C=O) groups excluding carboxylic acids is 1. The van der Waals surface area contributed by atoms with E-state index in [9.17, 15) is 14.4 Å². The molecule has 34 heavy (non-hydrogen) atoms. The van der Waals surface area contributed by atoms with Crippen molar-refractivity contribution in [3.05, 3.63) is 111 Å². The molecular formula is C27H26N4O3. The van der Waals surface area contributed by atoms with Gasteiger partial charge in [-0.1, -0.05) is 42.5 Å². The summed E-state index contributed by atoms with van der Waals surface area (Å²) in [7, 11) is 0. The predicted molar refractivity (Wildman–Crippen MR) is 132 cm³/mol. The van der Waals surface area contributed by atoms with E-state index in [4.69, 9.17) is 0 Å². The number of amides is 1. The number of carbonyl (C=O) groups is 1. The SMILES string of the molecule is O=C(c1ccc(-n2c(=O)c(=O)[nH]c3ccccc32)cc1)N1CCCN(Cc2ccccc2)CC1. The molecule has 1 aliphatic rings. The maximum absolute atomic E-state index is 13.2. The minimum Gasteiger partial charge on any atom is -0.337 e. The van der Waals surface area contributed by atoms with Crippen molar-refractivity contribution in [2.24, 2.45) is 0 Å². The Labute approximate surface area is 196 Å². The Morgan fingerprint density at radius 1 is 0.794 bits per heavy atom. The van der Waals surface area contributed by atoms with Crippen LogP contribution >= 0.6 is 0 Å². The summed E-state index contributed by atoms with van der Waals surface area (Å²) in [6.07, 6.45) is 0.921. The van der Waals surface area contributed by atoms with E-state index >= 15 is 0 Å². The van der Waals surface area contributed by atoms with Crippen LogP contribution in [0, 0.1) is 0 Å². The average molecular weight is 455 g/mol. The van der Waals surface area contributed by atoms with Crippen LogP contribution in [0.25, 0.3) is 16.7 Å². The van der Waals surface area contributed by atoms with Gasteiger partial charge in [-0.15, -0.1) is 0 Å². The molecule has 1 fully saturated rings. The van der Waals surface area contributed by atoms with Crippen molar-refractivity contribution in [2.45, 2.75) is 13.0 Å². The smallest absolute Gasteiger partial charge is 0.321 e. The van der Waals surface area contributed by atoms with E-state index in [0.717, 1.165) is 26.1 Å². The molecule has 172 valence electrons. The van der Waals surface area contributed by atoms with Crippen LogP contribution in [0.5, 0.6) is 0 Å². The lowest BCUT2D eigenvalue weighted by molar-refractivity contribution is 0.0761. The highest BCUT2D eigenvalue weighted by Gasteiger charge is 2.20. The number of benzene rings is 3. The summed E-state index contributed by atoms with van der Waals surface area (Å²) in [6.45, 7) is 4.05. The van der Waals surface area contributed by atoms with Gasteiger partial charge in [-0.05, 0) is 48.4 Å². The molecule has 1 N–H and O–H groups in total. The van der Waals surface area contributed by atoms with Crippen molar-refractivity contribution >= 4 is 16.9 Å². The highest BCUT2D eigenvalue weighted by Crippen LogP contribution is 2.17. The Morgan fingerprint density at radius 2 is 1.53 bits per heavy atom. The quantitative estimate of drug-likeness (QED) is 0.481. The lowest BCUT2D eigenvalue weighted by Gasteiger charge is -2.22. The third-order valence-corrected chi connectivity index (χ3v) is 6.29. The minimum atomic E-state index is -0.677. The number of rotatable bonds is 4. The monoisotopic (exact) mass is 454 g/mol. The lowest BCUT2D eigenvalue weighted by atomic mass is 10.1. The van der Waals surface area contributed by atoms with Crippen LogP contribution in [0.4, 0.5) is 0 Å². The van der Waals surface area contributed by atoms with Crippen LogP contribution in [0.15, 0.2) is 88.5 Å². The maximum atomic E-state index is 13.2. The van der Waals surface area contributed by atoms with E-state index < -0.39 is 11.1 Å². The Kier molecular flexibility index (Phi) is 6.10. The molecule has 0 saturated carbocycles. The van der Waals surface area contributed by atoms with Crippen LogP contribution in [-0.4, -0.2) is 51.4 Å². The number of nitrogens with one attached hydrogen (secondary N) is 1. The van der Waals surface area contributed by atoms with Gasteiger partial charge in [0.05, 0.1) is 11.0 Å². The molecule has 0 spiro atoms. The zero-order chi connectivity index (χ0) is 23.5. The topological polar surface area (TPSA) is 78.4 Å². The second kappa shape index (κ2) is 9.49. The summed E-state index contributed by atoms with van der Waals surface area (Å²) in [5.41, 5.74) is 2.26. The molecule has 1 aromatic heterocycles. The normalized spacial score (nSPS) is 14.8. The number of fused-ring (bicyclic) bond motifs is 1. The molecule has 0 atom stereocenters. The number of para-hydroxylation sites is 2. The van der Waals surface area contributed by atoms with Gasteiger partial charge >= 0.3 is 11.1 Å². The second-order valence-corrected chi connectivity index (χ2v) is 8.57. The van der Waals surface area contributed by atoms with Gasteiger partial charge in [-0.2, -0.15) is 0 Å². The molecule has 7 nitrogen and oxygen atoms in total. The van der Waals surface area contributed by atoms with E-state index in [1.54, 1.807) is 42.5 Å². The van der Waals surface area contributed by atoms with Gasteiger partial charge in [0.15, 0.2) is 0 Å². The number of H-pyrrole nitrogens is 1. The van der Waals surface area contributed by atoms with Crippen LogP contribution in [0.1, 0.15) is 22.3 Å². The minimum absolute atomic E-state index is 0.0174. The second-order valence-electron chi connectivity index (χ2n) is 8.57. The predicted octanol–water partition coefficient (Wildman–Crippen LogP) is 3.03. The molecule has 1 aliphatic heterocycles. The van der Waals surface area contributed by atoms with Gasteiger partial charge in [0.1, 0.15) is 0 Å². The van der Waals surface area contributed by atoms with E-state index in [2.05, 4.69) is 34.1 Å². The van der Waals surface area contributed by atoms with Crippen molar-refractivity contribution in [3.8, 4) is 5.69 Å². The average Bonchev–Trinajstić information content (AvgIpc) is 3.11. The van der Waals surface area contributed by atoms with Crippen molar-refractivity contribution in [1.82, 2.24) is 19.4 Å². The highest BCUT2D eigenvalue weighted by molar-refractivity contribution is 5.94. The maximum Gasteiger partial charge on any atom is 0.321 e. The molecule has 7 heteroatoms. The molecule has 0 bridgehead atoms. The summed E-state index contributed by atoms with van der Waals surface area (Å²) in [5, 5.41) is 0. The van der Waals surface area contributed by atoms with E-state index in [-0.39, 0.29) is 5.91 Å². The molecule has 0 radical (unpaired) electrons. The van der Waals surface area contributed by atoms with Crippen molar-refractivity contribution in [2.75, 3.05) is 26.2 Å². The van der Waals surface area contributed by atoms with Crippen molar-refractivity contribution < 1.29 is 4.79 Å². The zero-order valence-electron chi connectivity index (χ0n) is 18.8. The largest absolute Gasteiger partial charge is 0.337 e. The number of aromatic amines is 1. The number of aromatic nitrogens is 2. The molecular weight excluding hydrogens is 428 g/mol. The summed E-state index contributed by atoms with van der Waals surface area (Å²) in [6, 6.07) is 24.4. The van der Waals surface area contributed by atoms with Gasteiger partial charge in [0.2, 0.25) is 0 Å². The van der Waals surface area contributed by atoms with Crippen LogP contribution in [0.2, 0.25) is 0 Å². The fourth-order valence-corrected chi connectivity index (χ4v) is 4.53.